The van der Waals surface area contributed by atoms with Crippen LogP contribution in [0.25, 0.3) is 11.6 Å². The fourth-order valence-corrected chi connectivity index (χ4v) is 5.74. The first-order valence-corrected chi connectivity index (χ1v) is 12.3. The van der Waals surface area contributed by atoms with Gasteiger partial charge in [-0.1, -0.05) is 68.3 Å². The number of thiazole rings is 1. The van der Waals surface area contributed by atoms with E-state index in [1.165, 1.54) is 4.57 Å². The summed E-state index contributed by atoms with van der Waals surface area (Å²) in [6.45, 7) is 1.82. The summed E-state index contributed by atoms with van der Waals surface area (Å²) in [6.07, 6.45) is 1.75. The number of benzene rings is 2. The summed E-state index contributed by atoms with van der Waals surface area (Å²) in [5.74, 6) is -0.671. The van der Waals surface area contributed by atoms with E-state index in [1.54, 1.807) is 13.0 Å². The van der Waals surface area contributed by atoms with Crippen LogP contribution < -0.4 is 20.5 Å². The molecule has 2 heterocycles. The smallest absolute Gasteiger partial charge is 0.343 e. The molecule has 1 aliphatic heterocycles. The van der Waals surface area contributed by atoms with Crippen molar-refractivity contribution in [2.24, 2.45) is 5.73 Å². The number of nitrogens with zero attached hydrogens (tertiary/aromatic N) is 2. The third kappa shape index (κ3) is 4.10. The van der Waals surface area contributed by atoms with Crippen LogP contribution in [0.2, 0.25) is 0 Å². The lowest BCUT2D eigenvalue weighted by Crippen LogP contribution is -2.41. The van der Waals surface area contributed by atoms with Crippen LogP contribution in [0.3, 0.4) is 0 Å². The molecule has 4 rings (SSSR count). The van der Waals surface area contributed by atoms with Crippen LogP contribution in [-0.2, 0) is 9.53 Å². The number of esters is 1. The van der Waals surface area contributed by atoms with Gasteiger partial charge in [-0.15, -0.1) is 11.3 Å². The summed E-state index contributed by atoms with van der Waals surface area (Å²) in [4.78, 5) is 26.5. The van der Waals surface area contributed by atoms with Crippen LogP contribution in [0.15, 0.2) is 73.5 Å². The summed E-state index contributed by atoms with van der Waals surface area (Å²) in [5, 5.41) is 10.0. The molecule has 33 heavy (non-hydrogen) atoms. The van der Waals surface area contributed by atoms with Crippen LogP contribution in [-0.4, -0.2) is 17.1 Å². The predicted molar refractivity (Wildman–Crippen MR) is 135 cm³/mol. The van der Waals surface area contributed by atoms with Crippen molar-refractivity contribution in [2.45, 2.75) is 13.0 Å². The number of ether oxygens (including phenoxy) is 1. The van der Waals surface area contributed by atoms with Gasteiger partial charge in [0.15, 0.2) is 0 Å². The van der Waals surface area contributed by atoms with E-state index in [9.17, 15) is 14.9 Å². The molecule has 9 heteroatoms. The molecular weight excluding hydrogens is 570 g/mol. The number of carbonyl (C=O) groups is 1. The fraction of sp³-hybridized carbons (Fsp3) is 0.125. The van der Waals surface area contributed by atoms with E-state index in [-0.39, 0.29) is 29.0 Å². The number of nitrogens with two attached hydrogens (primary N) is 1. The molecule has 1 unspecified atom stereocenters. The number of carbonyl (C=O) groups excluding carboxylic acids is 1. The first-order chi connectivity index (χ1) is 15.9. The van der Waals surface area contributed by atoms with Gasteiger partial charge in [-0.2, -0.15) is 5.26 Å². The van der Waals surface area contributed by atoms with Crippen LogP contribution in [0.5, 0.6) is 0 Å². The standard InChI is InChI=1S/C24H17Br2N3O3S/c1-2-32-24(31)19-20(28)15(12-27)21(14-8-4-6-10-17(14)26)29-22(30)18(33-23(19)29)11-13-7-3-5-9-16(13)25/h3-11,21H,2,28H2,1H3. The summed E-state index contributed by atoms with van der Waals surface area (Å²) in [6, 6.07) is 16.2. The van der Waals surface area contributed by atoms with Gasteiger partial charge >= 0.3 is 5.97 Å². The molecule has 0 spiro atoms. The van der Waals surface area contributed by atoms with Crippen LogP contribution in [0.4, 0.5) is 0 Å². The molecule has 0 fully saturated rings. The first kappa shape index (κ1) is 23.2. The lowest BCUT2D eigenvalue weighted by molar-refractivity contribution is -0.136. The third-order valence-electron chi connectivity index (χ3n) is 5.15. The second-order valence-corrected chi connectivity index (χ2v) is 9.81. The van der Waals surface area contributed by atoms with E-state index in [2.05, 4.69) is 37.9 Å². The molecule has 3 aromatic rings. The summed E-state index contributed by atoms with van der Waals surface area (Å²) >= 11 is 8.17. The highest BCUT2D eigenvalue weighted by molar-refractivity contribution is 9.10. The molecule has 2 N–H and O–H groups in total. The minimum absolute atomic E-state index is 0.0189. The summed E-state index contributed by atoms with van der Waals surface area (Å²) in [7, 11) is 0. The molecule has 1 aliphatic rings. The normalized spacial score (nSPS) is 15.9. The topological polar surface area (TPSA) is 98.1 Å². The highest BCUT2D eigenvalue weighted by Crippen LogP contribution is 2.34. The van der Waals surface area contributed by atoms with Gasteiger partial charge in [0.05, 0.1) is 28.5 Å². The van der Waals surface area contributed by atoms with Gasteiger partial charge in [0, 0.05) is 8.95 Å². The number of rotatable bonds is 4. The van der Waals surface area contributed by atoms with E-state index >= 15 is 0 Å². The average molecular weight is 587 g/mol. The van der Waals surface area contributed by atoms with E-state index < -0.39 is 12.0 Å². The van der Waals surface area contributed by atoms with Gasteiger partial charge in [0.2, 0.25) is 0 Å². The quantitative estimate of drug-likeness (QED) is 0.473. The number of fused-ring (bicyclic) bond motifs is 1. The van der Waals surface area contributed by atoms with Crippen molar-refractivity contribution >= 4 is 60.8 Å². The zero-order chi connectivity index (χ0) is 23.7. The maximum atomic E-state index is 13.7. The maximum Gasteiger partial charge on any atom is 0.343 e. The molecule has 166 valence electrons. The zero-order valence-corrected chi connectivity index (χ0v) is 21.3. The fourth-order valence-electron chi connectivity index (χ4n) is 3.68. The molecule has 0 radical (unpaired) electrons. The second kappa shape index (κ2) is 9.51. The summed E-state index contributed by atoms with van der Waals surface area (Å²) in [5.41, 5.74) is 7.71. The first-order valence-electron chi connectivity index (χ1n) is 9.92. The third-order valence-corrected chi connectivity index (χ3v) is 7.70. The Morgan fingerprint density at radius 3 is 2.52 bits per heavy atom. The number of aromatic nitrogens is 1. The van der Waals surface area contributed by atoms with E-state index in [0.29, 0.717) is 14.8 Å². The van der Waals surface area contributed by atoms with Crippen molar-refractivity contribution in [3.63, 3.8) is 0 Å². The van der Waals surface area contributed by atoms with Crippen LogP contribution in [0, 0.1) is 11.3 Å². The molecule has 1 aromatic heterocycles. The Morgan fingerprint density at radius 1 is 1.21 bits per heavy atom. The Morgan fingerprint density at radius 2 is 1.88 bits per heavy atom. The number of allylic oxidation sites excluding steroid dienone is 1. The second-order valence-electron chi connectivity index (χ2n) is 7.07. The van der Waals surface area contributed by atoms with Gasteiger partial charge in [0.25, 0.3) is 5.56 Å². The maximum absolute atomic E-state index is 13.7. The van der Waals surface area contributed by atoms with Gasteiger partial charge in [-0.25, -0.2) is 4.79 Å². The van der Waals surface area contributed by atoms with Crippen molar-refractivity contribution in [3.05, 3.63) is 99.4 Å². The Labute approximate surface area is 210 Å². The minimum Gasteiger partial charge on any atom is -0.462 e. The Hall–Kier alpha value is -2.93. The average Bonchev–Trinajstić information content (AvgIpc) is 3.10. The number of halogens is 2. The predicted octanol–water partition coefficient (Wildman–Crippen LogP) is 3.32. The molecule has 2 aromatic carbocycles. The van der Waals surface area contributed by atoms with E-state index in [0.717, 1.165) is 25.8 Å². The van der Waals surface area contributed by atoms with Crippen molar-refractivity contribution in [3.8, 4) is 6.07 Å². The molecule has 1 atom stereocenters. The monoisotopic (exact) mass is 585 g/mol. The van der Waals surface area contributed by atoms with Crippen molar-refractivity contribution in [1.29, 1.82) is 5.26 Å². The van der Waals surface area contributed by atoms with Crippen molar-refractivity contribution in [1.82, 2.24) is 4.57 Å². The molecule has 0 saturated heterocycles. The SMILES string of the molecule is CCOC(=O)C1=c2sc(=Cc3ccccc3Br)c(=O)n2C(c2ccccc2Br)C(C#N)=C1N. The van der Waals surface area contributed by atoms with Crippen LogP contribution in [0.1, 0.15) is 24.1 Å². The summed E-state index contributed by atoms with van der Waals surface area (Å²) < 4.78 is 8.99. The Balaban J connectivity index is 2.14. The largest absolute Gasteiger partial charge is 0.462 e. The molecule has 6 nitrogen and oxygen atoms in total. The molecule has 0 amide bonds. The molecule has 0 aliphatic carbocycles. The van der Waals surface area contributed by atoms with E-state index in [4.69, 9.17) is 10.5 Å². The van der Waals surface area contributed by atoms with Crippen molar-refractivity contribution < 1.29 is 9.53 Å². The Kier molecular flexibility index (Phi) is 6.70. The van der Waals surface area contributed by atoms with Crippen molar-refractivity contribution in [2.75, 3.05) is 6.61 Å². The van der Waals surface area contributed by atoms with Gasteiger partial charge < -0.3 is 10.5 Å². The van der Waals surface area contributed by atoms with Crippen LogP contribution >= 0.6 is 43.2 Å². The lowest BCUT2D eigenvalue weighted by Gasteiger charge is -2.25. The van der Waals surface area contributed by atoms with Gasteiger partial charge in [-0.3, -0.25) is 9.36 Å². The zero-order valence-electron chi connectivity index (χ0n) is 17.3. The molecular formula is C24H17Br2N3O3S. The Bertz CT molecular complexity index is 1530. The minimum atomic E-state index is -0.788. The lowest BCUT2D eigenvalue weighted by atomic mass is 9.93. The molecule has 0 saturated carbocycles. The number of nitriles is 1. The van der Waals surface area contributed by atoms with E-state index in [1.807, 2.05) is 48.5 Å². The number of hydrogen-bond donors (Lipinski definition) is 1. The molecule has 0 bridgehead atoms. The van der Waals surface area contributed by atoms with Gasteiger partial charge in [-0.05, 0) is 36.3 Å². The highest BCUT2D eigenvalue weighted by Gasteiger charge is 2.35. The number of hydrogen-bond acceptors (Lipinski definition) is 6. The highest BCUT2D eigenvalue weighted by atomic mass is 79.9. The van der Waals surface area contributed by atoms with Gasteiger partial charge in [0.1, 0.15) is 16.3 Å².